The molecule has 1 aliphatic rings. The molecule has 1 fully saturated rings. The van der Waals surface area contributed by atoms with Crippen molar-refractivity contribution in [1.82, 2.24) is 5.32 Å². The highest BCUT2D eigenvalue weighted by Crippen LogP contribution is 2.33. The van der Waals surface area contributed by atoms with Gasteiger partial charge in [-0.25, -0.2) is 4.39 Å². The van der Waals surface area contributed by atoms with E-state index in [1.807, 2.05) is 7.05 Å². The second-order valence-electron chi connectivity index (χ2n) is 5.51. The zero-order valence-electron chi connectivity index (χ0n) is 11.0. The largest absolute Gasteiger partial charge is 0.316 e. The lowest BCUT2D eigenvalue weighted by Gasteiger charge is -2.23. The van der Waals surface area contributed by atoms with Gasteiger partial charge in [0, 0.05) is 11.1 Å². The third-order valence-electron chi connectivity index (χ3n) is 4.13. The Morgan fingerprint density at radius 3 is 2.78 bits per heavy atom. The van der Waals surface area contributed by atoms with Gasteiger partial charge in [-0.05, 0) is 55.8 Å². The molecule has 1 nitrogen and oxygen atoms in total. The van der Waals surface area contributed by atoms with Gasteiger partial charge in [-0.2, -0.15) is 0 Å². The van der Waals surface area contributed by atoms with Crippen molar-refractivity contribution in [3.8, 4) is 0 Å². The first-order valence-corrected chi connectivity index (χ1v) is 7.09. The van der Waals surface area contributed by atoms with Crippen molar-refractivity contribution >= 4 is 11.6 Å². The maximum atomic E-state index is 13.8. The topological polar surface area (TPSA) is 12.0 Å². The number of nitrogens with one attached hydrogen (secondary N) is 1. The van der Waals surface area contributed by atoms with Crippen LogP contribution in [0.3, 0.4) is 0 Å². The van der Waals surface area contributed by atoms with Crippen LogP contribution in [0, 0.1) is 17.7 Å². The van der Waals surface area contributed by atoms with E-state index in [-0.39, 0.29) is 5.82 Å². The van der Waals surface area contributed by atoms with Crippen LogP contribution in [0.2, 0.25) is 5.02 Å². The van der Waals surface area contributed by atoms with Crippen LogP contribution in [-0.2, 0) is 6.42 Å². The zero-order chi connectivity index (χ0) is 13.1. The second kappa shape index (κ2) is 6.03. The van der Waals surface area contributed by atoms with E-state index in [0.29, 0.717) is 17.0 Å². The Balaban J connectivity index is 2.05. The van der Waals surface area contributed by atoms with Crippen molar-refractivity contribution in [2.45, 2.75) is 38.6 Å². The Labute approximate surface area is 114 Å². The molecule has 0 radical (unpaired) electrons. The molecule has 0 bridgehead atoms. The number of halogens is 2. The Kier molecular flexibility index (Phi) is 4.63. The molecule has 0 aliphatic heterocycles. The first-order chi connectivity index (χ1) is 8.60. The molecule has 3 unspecified atom stereocenters. The predicted molar refractivity (Wildman–Crippen MR) is 74.5 cm³/mol. The molecule has 1 N–H and O–H groups in total. The highest BCUT2D eigenvalue weighted by Gasteiger charge is 2.28. The monoisotopic (exact) mass is 269 g/mol. The molecular weight excluding hydrogens is 249 g/mol. The molecule has 3 heteroatoms. The van der Waals surface area contributed by atoms with E-state index in [9.17, 15) is 4.39 Å². The number of hydrogen-bond donors (Lipinski definition) is 1. The molecule has 1 aliphatic carbocycles. The fraction of sp³-hybridized carbons (Fsp3) is 0.600. The van der Waals surface area contributed by atoms with Crippen LogP contribution in [-0.4, -0.2) is 13.1 Å². The van der Waals surface area contributed by atoms with Gasteiger partial charge in [-0.15, -0.1) is 0 Å². The highest BCUT2D eigenvalue weighted by molar-refractivity contribution is 6.30. The van der Waals surface area contributed by atoms with E-state index in [1.54, 1.807) is 12.1 Å². The molecule has 2 rings (SSSR count). The summed E-state index contributed by atoms with van der Waals surface area (Å²) in [5.74, 6) is 1.29. The first kappa shape index (κ1) is 13.8. The standard InChI is InChI=1S/C15H21ClFN/c1-10-3-4-12(7-10)15(18-2)8-11-5-6-13(16)9-14(11)17/h5-6,9-10,12,15,18H,3-4,7-8H2,1-2H3. The summed E-state index contributed by atoms with van der Waals surface area (Å²) < 4.78 is 13.8. The van der Waals surface area contributed by atoms with E-state index in [1.165, 1.54) is 25.3 Å². The molecule has 100 valence electrons. The van der Waals surface area contributed by atoms with Crippen LogP contribution in [0.1, 0.15) is 31.7 Å². The summed E-state index contributed by atoms with van der Waals surface area (Å²) >= 11 is 5.78. The lowest BCUT2D eigenvalue weighted by molar-refractivity contribution is 0.364. The molecule has 0 saturated heterocycles. The number of likely N-dealkylation sites (N-methyl/N-ethyl adjacent to an activating group) is 1. The van der Waals surface area contributed by atoms with Gasteiger partial charge in [0.1, 0.15) is 5.82 Å². The van der Waals surface area contributed by atoms with Crippen LogP contribution in [0.15, 0.2) is 18.2 Å². The highest BCUT2D eigenvalue weighted by atomic mass is 35.5. The maximum absolute atomic E-state index is 13.8. The van der Waals surface area contributed by atoms with Crippen LogP contribution in [0.5, 0.6) is 0 Å². The van der Waals surface area contributed by atoms with Crippen molar-refractivity contribution in [2.75, 3.05) is 7.05 Å². The van der Waals surface area contributed by atoms with Crippen LogP contribution >= 0.6 is 11.6 Å². The smallest absolute Gasteiger partial charge is 0.127 e. The van der Waals surface area contributed by atoms with Crippen molar-refractivity contribution < 1.29 is 4.39 Å². The van der Waals surface area contributed by atoms with Crippen LogP contribution in [0.4, 0.5) is 4.39 Å². The lowest BCUT2D eigenvalue weighted by atomic mass is 9.91. The Bertz CT molecular complexity index is 407. The molecular formula is C15H21ClFN. The van der Waals surface area contributed by atoms with E-state index in [2.05, 4.69) is 12.2 Å². The molecule has 1 saturated carbocycles. The van der Waals surface area contributed by atoms with Crippen molar-refractivity contribution in [3.63, 3.8) is 0 Å². The summed E-state index contributed by atoms with van der Waals surface area (Å²) in [4.78, 5) is 0. The summed E-state index contributed by atoms with van der Waals surface area (Å²) in [5.41, 5.74) is 0.762. The molecule has 18 heavy (non-hydrogen) atoms. The minimum atomic E-state index is -0.186. The fourth-order valence-electron chi connectivity index (χ4n) is 3.05. The summed E-state index contributed by atoms with van der Waals surface area (Å²) in [6.07, 6.45) is 4.55. The van der Waals surface area contributed by atoms with E-state index >= 15 is 0 Å². The normalized spacial score (nSPS) is 25.3. The molecule has 3 atom stereocenters. The van der Waals surface area contributed by atoms with Gasteiger partial charge >= 0.3 is 0 Å². The van der Waals surface area contributed by atoms with Gasteiger partial charge in [-0.3, -0.25) is 0 Å². The van der Waals surface area contributed by atoms with E-state index in [0.717, 1.165) is 17.9 Å². The van der Waals surface area contributed by atoms with Gasteiger partial charge in [0.25, 0.3) is 0 Å². The van der Waals surface area contributed by atoms with E-state index < -0.39 is 0 Å². The Morgan fingerprint density at radius 1 is 1.44 bits per heavy atom. The van der Waals surface area contributed by atoms with Crippen molar-refractivity contribution in [3.05, 3.63) is 34.6 Å². The second-order valence-corrected chi connectivity index (χ2v) is 5.95. The third kappa shape index (κ3) is 3.24. The van der Waals surface area contributed by atoms with E-state index in [4.69, 9.17) is 11.6 Å². The predicted octanol–water partition coefficient (Wildman–Crippen LogP) is 4.05. The zero-order valence-corrected chi connectivity index (χ0v) is 11.8. The minimum Gasteiger partial charge on any atom is -0.316 e. The Morgan fingerprint density at radius 2 is 2.22 bits per heavy atom. The van der Waals surface area contributed by atoms with Crippen molar-refractivity contribution in [1.29, 1.82) is 0 Å². The molecule has 1 aromatic rings. The molecule has 0 heterocycles. The average Bonchev–Trinajstić information content (AvgIpc) is 2.75. The number of benzene rings is 1. The maximum Gasteiger partial charge on any atom is 0.127 e. The fourth-order valence-corrected chi connectivity index (χ4v) is 3.20. The third-order valence-corrected chi connectivity index (χ3v) is 4.37. The number of hydrogen-bond acceptors (Lipinski definition) is 1. The SMILES string of the molecule is CNC(Cc1ccc(Cl)cc1F)C1CCC(C)C1. The first-order valence-electron chi connectivity index (χ1n) is 6.71. The summed E-state index contributed by atoms with van der Waals surface area (Å²) in [6.45, 7) is 2.30. The molecule has 1 aromatic carbocycles. The van der Waals surface area contributed by atoms with Crippen molar-refractivity contribution in [2.24, 2.45) is 11.8 Å². The average molecular weight is 270 g/mol. The quantitative estimate of drug-likeness (QED) is 0.870. The summed E-state index contributed by atoms with van der Waals surface area (Å²) in [6, 6.07) is 5.34. The molecule has 0 aromatic heterocycles. The molecule has 0 spiro atoms. The molecule has 0 amide bonds. The van der Waals surface area contributed by atoms with Gasteiger partial charge in [0.2, 0.25) is 0 Å². The Hall–Kier alpha value is -0.600. The summed E-state index contributed by atoms with van der Waals surface area (Å²) in [5, 5.41) is 3.82. The van der Waals surface area contributed by atoms with Gasteiger partial charge in [0.15, 0.2) is 0 Å². The summed E-state index contributed by atoms with van der Waals surface area (Å²) in [7, 11) is 1.97. The van der Waals surface area contributed by atoms with Gasteiger partial charge in [0.05, 0.1) is 0 Å². The lowest BCUT2D eigenvalue weighted by Crippen LogP contribution is -2.34. The minimum absolute atomic E-state index is 0.186. The van der Waals surface area contributed by atoms with Gasteiger partial charge < -0.3 is 5.32 Å². The van der Waals surface area contributed by atoms with Crippen LogP contribution in [0.25, 0.3) is 0 Å². The van der Waals surface area contributed by atoms with Gasteiger partial charge in [-0.1, -0.05) is 31.0 Å². The number of rotatable bonds is 4. The van der Waals surface area contributed by atoms with Crippen LogP contribution < -0.4 is 5.32 Å².